The summed E-state index contributed by atoms with van der Waals surface area (Å²) >= 11 is 0. The molecular weight excluding hydrogens is 610 g/mol. The number of nitrogens with zero attached hydrogens (tertiary/aromatic N) is 1. The number of nitrogens with two attached hydrogens (primary N) is 2. The van der Waals surface area contributed by atoms with E-state index < -0.39 is 6.04 Å². The van der Waals surface area contributed by atoms with E-state index in [0.717, 1.165) is 109 Å². The number of aliphatic imine (C=N–C) groups is 1. The normalized spacial score (nSPS) is 12.8. The van der Waals surface area contributed by atoms with Gasteiger partial charge < -0.3 is 31.6 Å². The van der Waals surface area contributed by atoms with Gasteiger partial charge in [-0.3, -0.25) is 24.2 Å². The first-order chi connectivity index (χ1) is 23.2. The highest BCUT2D eigenvalue weighted by Gasteiger charge is 2.22. The van der Waals surface area contributed by atoms with Gasteiger partial charge >= 0.3 is 11.9 Å². The predicted octanol–water partition coefficient (Wildman–Crippen LogP) is 6.45. The summed E-state index contributed by atoms with van der Waals surface area (Å²) < 4.78 is 11.1. The number of guanidine groups is 1. The SMILES string of the molecule is CCCCCCC(CCCC)C(=O)OCCCC(=O)N[C@@H](CCN=C(N)N)C(=O)NCCCCCCOC(=O)C(CCC)CCCCC. The smallest absolute Gasteiger partial charge is 0.308 e. The third-order valence-corrected chi connectivity index (χ3v) is 8.54. The minimum Gasteiger partial charge on any atom is -0.465 e. The van der Waals surface area contributed by atoms with Gasteiger partial charge in [0.05, 0.1) is 25.0 Å². The number of ether oxygens (including phenoxy) is 2. The molecule has 0 aliphatic heterocycles. The maximum absolute atomic E-state index is 12.9. The van der Waals surface area contributed by atoms with Crippen molar-refractivity contribution in [2.24, 2.45) is 28.3 Å². The maximum atomic E-state index is 12.9. The number of hydrogen-bond donors (Lipinski definition) is 4. The Morgan fingerprint density at radius 2 is 1.15 bits per heavy atom. The Labute approximate surface area is 291 Å². The van der Waals surface area contributed by atoms with Crippen LogP contribution >= 0.6 is 0 Å². The second kappa shape index (κ2) is 31.4. The Hall–Kier alpha value is -2.85. The van der Waals surface area contributed by atoms with E-state index in [1.165, 1.54) is 6.42 Å². The van der Waals surface area contributed by atoms with Crippen LogP contribution in [-0.4, -0.2) is 62.1 Å². The topological polar surface area (TPSA) is 175 Å². The molecule has 3 atom stereocenters. The van der Waals surface area contributed by atoms with Crippen molar-refractivity contribution < 1.29 is 28.7 Å². The van der Waals surface area contributed by atoms with Crippen molar-refractivity contribution in [1.29, 1.82) is 0 Å². The molecule has 0 aromatic heterocycles. The lowest BCUT2D eigenvalue weighted by atomic mass is 9.95. The van der Waals surface area contributed by atoms with E-state index in [0.29, 0.717) is 19.6 Å². The highest BCUT2D eigenvalue weighted by Crippen LogP contribution is 2.20. The number of rotatable bonds is 32. The molecule has 0 saturated heterocycles. The standard InChI is InChI=1S/C37H71N5O6/c1-5-9-12-16-23-31(21-11-7-3)36(46)48-29-19-24-33(43)42-32(25-27-41-37(38)39)34(44)40-26-17-13-14-18-28-47-35(45)30(20-8-4)22-15-10-6-2/h30-32H,5-29H2,1-4H3,(H,40,44)(H,42,43)(H4,38,39,41)/t30?,31?,32-/m0/s1. The van der Waals surface area contributed by atoms with Gasteiger partial charge in [0.15, 0.2) is 5.96 Å². The summed E-state index contributed by atoms with van der Waals surface area (Å²) in [7, 11) is 0. The number of nitrogens with one attached hydrogen (secondary N) is 2. The van der Waals surface area contributed by atoms with Gasteiger partial charge in [-0.2, -0.15) is 0 Å². The molecule has 0 aromatic rings. The van der Waals surface area contributed by atoms with Crippen molar-refractivity contribution in [3.63, 3.8) is 0 Å². The summed E-state index contributed by atoms with van der Waals surface area (Å²) in [6.07, 6.45) is 18.4. The number of hydrogen-bond acceptors (Lipinski definition) is 7. The van der Waals surface area contributed by atoms with Gasteiger partial charge in [0.25, 0.3) is 0 Å². The summed E-state index contributed by atoms with van der Waals surface area (Å²) in [4.78, 5) is 54.7. The first-order valence-corrected chi connectivity index (χ1v) is 19.2. The quantitative estimate of drug-likeness (QED) is 0.0271. The molecule has 6 N–H and O–H groups in total. The molecule has 0 bridgehead atoms. The molecule has 280 valence electrons. The van der Waals surface area contributed by atoms with E-state index in [9.17, 15) is 19.2 Å². The van der Waals surface area contributed by atoms with Crippen molar-refractivity contribution in [2.75, 3.05) is 26.3 Å². The highest BCUT2D eigenvalue weighted by atomic mass is 16.5. The highest BCUT2D eigenvalue weighted by molar-refractivity contribution is 5.87. The van der Waals surface area contributed by atoms with E-state index in [1.54, 1.807) is 0 Å². The summed E-state index contributed by atoms with van der Waals surface area (Å²) in [6.45, 7) is 9.81. The van der Waals surface area contributed by atoms with Crippen LogP contribution in [0.3, 0.4) is 0 Å². The molecule has 0 saturated carbocycles. The minimum atomic E-state index is -0.780. The summed E-state index contributed by atoms with van der Waals surface area (Å²) in [6, 6.07) is -0.780. The Balaban J connectivity index is 4.53. The molecule has 48 heavy (non-hydrogen) atoms. The second-order valence-corrected chi connectivity index (χ2v) is 13.0. The van der Waals surface area contributed by atoms with Gasteiger partial charge in [-0.25, -0.2) is 0 Å². The van der Waals surface area contributed by atoms with Crippen molar-refractivity contribution >= 4 is 29.7 Å². The second-order valence-electron chi connectivity index (χ2n) is 13.0. The Kier molecular flexibility index (Phi) is 29.6. The number of carbonyl (C=O) groups is 4. The van der Waals surface area contributed by atoms with E-state index in [4.69, 9.17) is 20.9 Å². The van der Waals surface area contributed by atoms with Gasteiger partial charge in [-0.05, 0) is 57.8 Å². The molecule has 0 radical (unpaired) electrons. The molecule has 0 aromatic carbocycles. The molecule has 0 rings (SSSR count). The number of esters is 2. The minimum absolute atomic E-state index is 0.00713. The lowest BCUT2D eigenvalue weighted by Crippen LogP contribution is -2.47. The van der Waals surface area contributed by atoms with E-state index >= 15 is 0 Å². The number of unbranched alkanes of at least 4 members (excludes halogenated alkanes) is 9. The predicted molar refractivity (Wildman–Crippen MR) is 194 cm³/mol. The van der Waals surface area contributed by atoms with E-state index in [2.05, 4.69) is 43.3 Å². The summed E-state index contributed by atoms with van der Waals surface area (Å²) in [5, 5.41) is 5.70. The van der Waals surface area contributed by atoms with Crippen LogP contribution in [0.15, 0.2) is 4.99 Å². The van der Waals surface area contributed by atoms with Gasteiger partial charge in [0.2, 0.25) is 11.8 Å². The fraction of sp³-hybridized carbons (Fsp3) is 0.865. The van der Waals surface area contributed by atoms with E-state index in [1.807, 2.05) is 0 Å². The molecule has 11 nitrogen and oxygen atoms in total. The van der Waals surface area contributed by atoms with Crippen molar-refractivity contribution in [3.05, 3.63) is 0 Å². The monoisotopic (exact) mass is 682 g/mol. The summed E-state index contributed by atoms with van der Waals surface area (Å²) in [5.74, 6) is -0.977. The fourth-order valence-electron chi connectivity index (χ4n) is 5.60. The van der Waals surface area contributed by atoms with Crippen molar-refractivity contribution in [2.45, 2.75) is 169 Å². The Morgan fingerprint density at radius 1 is 0.604 bits per heavy atom. The first-order valence-electron chi connectivity index (χ1n) is 19.2. The van der Waals surface area contributed by atoms with E-state index in [-0.39, 0.29) is 67.5 Å². The molecule has 0 fully saturated rings. The van der Waals surface area contributed by atoms with Gasteiger partial charge in [0, 0.05) is 19.5 Å². The van der Waals surface area contributed by atoms with Gasteiger partial charge in [-0.1, -0.05) is 98.3 Å². The van der Waals surface area contributed by atoms with Crippen molar-refractivity contribution in [1.82, 2.24) is 10.6 Å². The largest absolute Gasteiger partial charge is 0.465 e. The molecule has 0 spiro atoms. The van der Waals surface area contributed by atoms with Crippen LogP contribution in [0.5, 0.6) is 0 Å². The molecule has 0 aliphatic carbocycles. The molecule has 11 heteroatoms. The maximum Gasteiger partial charge on any atom is 0.308 e. The zero-order chi connectivity index (χ0) is 35.8. The number of amides is 2. The summed E-state index contributed by atoms with van der Waals surface area (Å²) in [5.41, 5.74) is 10.9. The molecule has 2 amide bonds. The zero-order valence-corrected chi connectivity index (χ0v) is 31.0. The lowest BCUT2D eigenvalue weighted by molar-refractivity contribution is -0.150. The third kappa shape index (κ3) is 25.2. The molecule has 0 aliphatic rings. The zero-order valence-electron chi connectivity index (χ0n) is 31.0. The first kappa shape index (κ1) is 45.2. The molecule has 2 unspecified atom stereocenters. The van der Waals surface area contributed by atoms with Crippen LogP contribution in [-0.2, 0) is 28.7 Å². The van der Waals surface area contributed by atoms with Crippen LogP contribution in [0.25, 0.3) is 0 Å². The van der Waals surface area contributed by atoms with Gasteiger partial charge in [-0.15, -0.1) is 0 Å². The van der Waals surface area contributed by atoms with Crippen LogP contribution in [0.1, 0.15) is 163 Å². The van der Waals surface area contributed by atoms with Crippen LogP contribution < -0.4 is 22.1 Å². The number of carbonyl (C=O) groups excluding carboxylic acids is 4. The fourth-order valence-corrected chi connectivity index (χ4v) is 5.60. The Bertz CT molecular complexity index is 880. The van der Waals surface area contributed by atoms with Crippen LogP contribution in [0.2, 0.25) is 0 Å². The Morgan fingerprint density at radius 3 is 1.77 bits per heavy atom. The average Bonchev–Trinajstić information content (AvgIpc) is 3.06. The third-order valence-electron chi connectivity index (χ3n) is 8.54. The molecule has 0 heterocycles. The van der Waals surface area contributed by atoms with Gasteiger partial charge in [0.1, 0.15) is 6.04 Å². The van der Waals surface area contributed by atoms with Crippen molar-refractivity contribution in [3.8, 4) is 0 Å². The average molecular weight is 682 g/mol. The lowest BCUT2D eigenvalue weighted by Gasteiger charge is -2.18. The molecular formula is C37H71N5O6. The van der Waals surface area contributed by atoms with Crippen LogP contribution in [0.4, 0.5) is 0 Å². The van der Waals surface area contributed by atoms with Crippen LogP contribution in [0, 0.1) is 11.8 Å².